The first kappa shape index (κ1) is 15.3. The number of nitrogens with two attached hydrogens (primary N) is 1. The second-order valence-electron chi connectivity index (χ2n) is 6.04. The van der Waals surface area contributed by atoms with Crippen LogP contribution in [-0.4, -0.2) is 29.8 Å². The van der Waals surface area contributed by atoms with Gasteiger partial charge in [0.2, 0.25) is 0 Å². The van der Waals surface area contributed by atoms with Gasteiger partial charge >= 0.3 is 0 Å². The Labute approximate surface area is 151 Å². The van der Waals surface area contributed by atoms with Crippen molar-refractivity contribution in [3.63, 3.8) is 0 Å². The Morgan fingerprint density at radius 1 is 1.00 bits per heavy atom. The van der Waals surface area contributed by atoms with Crippen LogP contribution >= 0.6 is 0 Å². The zero-order valence-corrected chi connectivity index (χ0v) is 14.0. The summed E-state index contributed by atoms with van der Waals surface area (Å²) in [5.41, 5.74) is 8.26. The summed E-state index contributed by atoms with van der Waals surface area (Å²) < 4.78 is 6.60. The predicted octanol–water partition coefficient (Wildman–Crippen LogP) is 1.95. The smallest absolute Gasteiger partial charge is 0.258 e. The van der Waals surface area contributed by atoms with Gasteiger partial charge in [-0.2, -0.15) is 0 Å². The number of nitrogens with zero attached hydrogens (tertiary/aromatic N) is 5. The molecule has 3 aromatic heterocycles. The van der Waals surface area contributed by atoms with Crippen LogP contribution in [-0.2, 0) is 6.54 Å². The summed E-state index contributed by atoms with van der Waals surface area (Å²) in [6.45, 7) is 0.280. The van der Waals surface area contributed by atoms with Crippen LogP contribution in [0.2, 0.25) is 0 Å². The molecule has 0 amide bonds. The van der Waals surface area contributed by atoms with Crippen LogP contribution in [0.3, 0.4) is 0 Å². The molecule has 9 heteroatoms. The maximum atomic E-state index is 12.4. The molecular formula is C18H13N7O2. The number of fused-ring (bicyclic) bond motifs is 2. The molecule has 3 N–H and O–H groups in total. The lowest BCUT2D eigenvalue weighted by atomic mass is 10.2. The average molecular weight is 359 g/mol. The van der Waals surface area contributed by atoms with Crippen LogP contribution in [0.15, 0.2) is 58.0 Å². The number of nitrogen functional groups attached to an aromatic ring is 1. The standard InChI is InChI=1S/C18H13N7O2/c19-16-15(23-27-24-16)17-21-12-7-3-4-8-13(12)25(17)9-14-20-11-6-2-1-5-10(11)18(26)22-14/h1-8H,9H2,(H2,19,24)(H,20,22,26). The molecule has 9 nitrogen and oxygen atoms in total. The summed E-state index contributed by atoms with van der Waals surface area (Å²) in [4.78, 5) is 24.4. The maximum Gasteiger partial charge on any atom is 0.258 e. The lowest BCUT2D eigenvalue weighted by Crippen LogP contribution is -2.15. The monoisotopic (exact) mass is 359 g/mol. The summed E-state index contributed by atoms with van der Waals surface area (Å²) >= 11 is 0. The van der Waals surface area contributed by atoms with Gasteiger partial charge in [-0.05, 0) is 34.6 Å². The number of hydrogen-bond acceptors (Lipinski definition) is 7. The maximum absolute atomic E-state index is 12.4. The molecule has 5 aromatic rings. The van der Waals surface area contributed by atoms with E-state index in [1.807, 2.05) is 34.9 Å². The number of aromatic nitrogens is 6. The average Bonchev–Trinajstić information content (AvgIpc) is 3.25. The van der Waals surface area contributed by atoms with E-state index in [2.05, 4.69) is 25.3 Å². The second kappa shape index (κ2) is 5.77. The fraction of sp³-hybridized carbons (Fsp3) is 0.0556. The topological polar surface area (TPSA) is 129 Å². The molecule has 0 saturated heterocycles. The first-order valence-electron chi connectivity index (χ1n) is 8.22. The van der Waals surface area contributed by atoms with Crippen molar-refractivity contribution in [2.45, 2.75) is 6.54 Å². The number of aromatic amines is 1. The van der Waals surface area contributed by atoms with Gasteiger partial charge in [-0.3, -0.25) is 4.79 Å². The van der Waals surface area contributed by atoms with Crippen molar-refractivity contribution in [3.05, 3.63) is 64.7 Å². The van der Waals surface area contributed by atoms with Crippen LogP contribution in [0.25, 0.3) is 33.5 Å². The lowest BCUT2D eigenvalue weighted by Gasteiger charge is -2.08. The molecule has 0 bridgehead atoms. The Bertz CT molecular complexity index is 1350. The van der Waals surface area contributed by atoms with E-state index in [9.17, 15) is 4.79 Å². The highest BCUT2D eigenvalue weighted by molar-refractivity contribution is 5.82. The van der Waals surface area contributed by atoms with Gasteiger partial charge in [0.25, 0.3) is 5.56 Å². The van der Waals surface area contributed by atoms with E-state index in [0.29, 0.717) is 28.2 Å². The Morgan fingerprint density at radius 2 is 1.78 bits per heavy atom. The molecule has 0 saturated carbocycles. The zero-order chi connectivity index (χ0) is 18.4. The second-order valence-corrected chi connectivity index (χ2v) is 6.04. The van der Waals surface area contributed by atoms with Crippen LogP contribution < -0.4 is 11.3 Å². The molecule has 0 aliphatic rings. The largest absolute Gasteiger partial charge is 0.379 e. The van der Waals surface area contributed by atoms with Gasteiger partial charge in [0, 0.05) is 0 Å². The highest BCUT2D eigenvalue weighted by atomic mass is 16.6. The van der Waals surface area contributed by atoms with E-state index in [4.69, 9.17) is 10.4 Å². The van der Waals surface area contributed by atoms with Gasteiger partial charge in [0.05, 0.1) is 28.5 Å². The Balaban J connectivity index is 1.71. The minimum Gasteiger partial charge on any atom is -0.379 e. The highest BCUT2D eigenvalue weighted by Crippen LogP contribution is 2.27. The van der Waals surface area contributed by atoms with Crippen molar-refractivity contribution in [3.8, 4) is 11.5 Å². The summed E-state index contributed by atoms with van der Waals surface area (Å²) in [7, 11) is 0. The number of para-hydroxylation sites is 3. The molecule has 0 aliphatic carbocycles. The number of hydrogen-bond donors (Lipinski definition) is 2. The Morgan fingerprint density at radius 3 is 2.59 bits per heavy atom. The van der Waals surface area contributed by atoms with Crippen LogP contribution in [0.1, 0.15) is 5.82 Å². The quantitative estimate of drug-likeness (QED) is 0.504. The molecular weight excluding hydrogens is 346 g/mol. The summed E-state index contributed by atoms with van der Waals surface area (Å²) in [5, 5.41) is 8.04. The molecule has 0 fully saturated rings. The van der Waals surface area contributed by atoms with E-state index in [-0.39, 0.29) is 17.9 Å². The van der Waals surface area contributed by atoms with Crippen LogP contribution in [0, 0.1) is 0 Å². The van der Waals surface area contributed by atoms with Gasteiger partial charge in [-0.1, -0.05) is 24.3 Å². The molecule has 27 heavy (non-hydrogen) atoms. The van der Waals surface area contributed by atoms with Gasteiger partial charge in [-0.25, -0.2) is 14.6 Å². The van der Waals surface area contributed by atoms with Crippen molar-refractivity contribution in [1.29, 1.82) is 0 Å². The Kier molecular flexibility index (Phi) is 3.26. The predicted molar refractivity (Wildman–Crippen MR) is 98.9 cm³/mol. The van der Waals surface area contributed by atoms with Crippen molar-refractivity contribution < 1.29 is 4.63 Å². The van der Waals surface area contributed by atoms with Crippen molar-refractivity contribution in [2.75, 3.05) is 5.73 Å². The summed E-state index contributed by atoms with van der Waals surface area (Å²) in [6, 6.07) is 14.8. The fourth-order valence-corrected chi connectivity index (χ4v) is 3.13. The number of anilines is 1. The molecule has 0 radical (unpaired) electrons. The fourth-order valence-electron chi connectivity index (χ4n) is 3.13. The third kappa shape index (κ3) is 2.44. The van der Waals surface area contributed by atoms with Gasteiger partial charge in [0.15, 0.2) is 17.3 Å². The van der Waals surface area contributed by atoms with Crippen LogP contribution in [0.4, 0.5) is 5.82 Å². The normalized spacial score (nSPS) is 11.4. The summed E-state index contributed by atoms with van der Waals surface area (Å²) in [6.07, 6.45) is 0. The number of rotatable bonds is 3. The molecule has 0 unspecified atom stereocenters. The third-order valence-corrected chi connectivity index (χ3v) is 4.35. The number of imidazole rings is 1. The van der Waals surface area contributed by atoms with Gasteiger partial charge in [-0.15, -0.1) is 0 Å². The van der Waals surface area contributed by atoms with Gasteiger partial charge < -0.3 is 15.3 Å². The minimum atomic E-state index is -0.191. The highest BCUT2D eigenvalue weighted by Gasteiger charge is 2.19. The van der Waals surface area contributed by atoms with Crippen molar-refractivity contribution in [2.24, 2.45) is 0 Å². The molecule has 0 aliphatic heterocycles. The first-order valence-corrected chi connectivity index (χ1v) is 8.22. The number of benzene rings is 2. The molecule has 5 rings (SSSR count). The van der Waals surface area contributed by atoms with Gasteiger partial charge in [0.1, 0.15) is 5.82 Å². The van der Waals surface area contributed by atoms with E-state index in [1.165, 1.54) is 0 Å². The lowest BCUT2D eigenvalue weighted by molar-refractivity contribution is 0.310. The van der Waals surface area contributed by atoms with Crippen molar-refractivity contribution >= 4 is 27.8 Å². The first-order chi connectivity index (χ1) is 13.2. The summed E-state index contributed by atoms with van der Waals surface area (Å²) in [5.74, 6) is 1.13. The van der Waals surface area contributed by atoms with Crippen LogP contribution in [0.5, 0.6) is 0 Å². The number of nitrogens with one attached hydrogen (secondary N) is 1. The molecule has 3 heterocycles. The number of H-pyrrole nitrogens is 1. The van der Waals surface area contributed by atoms with E-state index < -0.39 is 0 Å². The SMILES string of the molecule is Nc1nonc1-c1nc2ccccc2n1Cc1nc2ccccc2c(=O)[nH]1. The third-order valence-electron chi connectivity index (χ3n) is 4.35. The molecule has 0 spiro atoms. The van der Waals surface area contributed by atoms with E-state index in [1.54, 1.807) is 18.2 Å². The minimum absolute atomic E-state index is 0.145. The van der Waals surface area contributed by atoms with E-state index in [0.717, 1.165) is 11.0 Å². The molecule has 132 valence electrons. The Hall–Kier alpha value is -4.01. The van der Waals surface area contributed by atoms with Crippen molar-refractivity contribution in [1.82, 2.24) is 29.8 Å². The molecule has 2 aromatic carbocycles. The zero-order valence-electron chi connectivity index (χ0n) is 14.0. The molecule has 0 atom stereocenters. The van der Waals surface area contributed by atoms with E-state index >= 15 is 0 Å².